The molecule has 0 aliphatic carbocycles. The van der Waals surface area contributed by atoms with Gasteiger partial charge in [0.15, 0.2) is 5.69 Å². The fourth-order valence-electron chi connectivity index (χ4n) is 2.89. The Labute approximate surface area is 163 Å². The maximum Gasteiger partial charge on any atom is 0.158 e. The first kappa shape index (κ1) is 19.8. The Kier molecular flexibility index (Phi) is 6.54. The fourth-order valence-corrected chi connectivity index (χ4v) is 2.89. The minimum Gasteiger partial charge on any atom is -0.495 e. The van der Waals surface area contributed by atoms with Gasteiger partial charge in [-0.05, 0) is 13.3 Å². The van der Waals surface area contributed by atoms with E-state index >= 15 is 0 Å². The molecule has 0 saturated carbocycles. The Morgan fingerprint density at radius 3 is 2.79 bits per heavy atom. The third kappa shape index (κ3) is 4.83. The second-order valence-corrected chi connectivity index (χ2v) is 6.54. The molecule has 28 heavy (non-hydrogen) atoms. The first-order valence-corrected chi connectivity index (χ1v) is 9.00. The Morgan fingerprint density at radius 1 is 1.29 bits per heavy atom. The molecule has 1 aliphatic rings. The van der Waals surface area contributed by atoms with Crippen LogP contribution in [0.25, 0.3) is 0 Å². The molecule has 1 fully saturated rings. The van der Waals surface area contributed by atoms with E-state index in [-0.39, 0.29) is 23.9 Å². The van der Waals surface area contributed by atoms with Gasteiger partial charge in [0.1, 0.15) is 23.4 Å². The van der Waals surface area contributed by atoms with Crippen LogP contribution in [0.5, 0.6) is 11.5 Å². The lowest BCUT2D eigenvalue weighted by Crippen LogP contribution is -2.36. The Balaban J connectivity index is 1.70. The van der Waals surface area contributed by atoms with Gasteiger partial charge in [-0.3, -0.25) is 4.98 Å². The summed E-state index contributed by atoms with van der Waals surface area (Å²) in [6.07, 6.45) is 7.67. The number of pyridine rings is 1. The third-order valence-corrected chi connectivity index (χ3v) is 4.31. The molecular formula is C18H24N8O2. The third-order valence-electron chi connectivity index (χ3n) is 4.31. The lowest BCUT2D eigenvalue weighted by Gasteiger charge is -2.19. The Bertz CT molecular complexity index is 821. The summed E-state index contributed by atoms with van der Waals surface area (Å²) in [6, 6.07) is 1.95. The van der Waals surface area contributed by atoms with E-state index in [4.69, 9.17) is 20.5 Å². The Hall–Kier alpha value is -3.00. The van der Waals surface area contributed by atoms with Gasteiger partial charge in [0.25, 0.3) is 0 Å². The summed E-state index contributed by atoms with van der Waals surface area (Å²) in [7, 11) is 1.61. The molecule has 2 aromatic heterocycles. The highest BCUT2D eigenvalue weighted by Gasteiger charge is 2.30. The molecule has 1 saturated heterocycles. The predicted molar refractivity (Wildman–Crippen MR) is 102 cm³/mol. The first-order chi connectivity index (χ1) is 13.6. The molecule has 10 nitrogen and oxygen atoms in total. The van der Waals surface area contributed by atoms with Crippen LogP contribution >= 0.6 is 0 Å². The van der Waals surface area contributed by atoms with E-state index in [2.05, 4.69) is 31.1 Å². The number of rotatable bonds is 8. The number of nitrogens with one attached hydrogen (secondary N) is 3. The maximum atomic E-state index is 8.81. The molecule has 1 aliphatic heterocycles. The van der Waals surface area contributed by atoms with Crippen LogP contribution in [-0.4, -0.2) is 40.9 Å². The van der Waals surface area contributed by atoms with Crippen LogP contribution in [0.3, 0.4) is 0 Å². The van der Waals surface area contributed by atoms with Gasteiger partial charge in [-0.25, -0.2) is 20.8 Å². The van der Waals surface area contributed by atoms with Gasteiger partial charge >= 0.3 is 0 Å². The van der Waals surface area contributed by atoms with Crippen LogP contribution < -0.4 is 31.4 Å². The molecule has 3 atom stereocenters. The maximum absolute atomic E-state index is 8.81. The van der Waals surface area contributed by atoms with Gasteiger partial charge < -0.3 is 20.5 Å². The van der Waals surface area contributed by atoms with Crippen LogP contribution in [0.4, 0.5) is 5.82 Å². The second-order valence-electron chi connectivity index (χ2n) is 6.54. The lowest BCUT2D eigenvalue weighted by molar-refractivity contribution is 0.290. The molecule has 0 spiro atoms. The molecule has 0 radical (unpaired) electrons. The summed E-state index contributed by atoms with van der Waals surface area (Å²) < 4.78 is 11.4. The molecule has 0 aromatic carbocycles. The quantitative estimate of drug-likeness (QED) is 0.517. The van der Waals surface area contributed by atoms with Gasteiger partial charge in [0.2, 0.25) is 0 Å². The normalized spacial score (nSPS) is 19.6. The number of hydrazine groups is 1. The average Bonchev–Trinajstić information content (AvgIpc) is 3.16. The predicted octanol–water partition coefficient (Wildman–Crippen LogP) is 0.845. The van der Waals surface area contributed by atoms with Crippen molar-refractivity contribution in [3.8, 4) is 17.6 Å². The first-order valence-electron chi connectivity index (χ1n) is 9.00. The number of ether oxygens (including phenoxy) is 2. The van der Waals surface area contributed by atoms with Crippen LogP contribution in [0, 0.1) is 11.3 Å². The number of nitriles is 1. The van der Waals surface area contributed by atoms with Crippen LogP contribution in [0.1, 0.15) is 37.1 Å². The number of hydrogen-bond acceptors (Lipinski definition) is 10. The van der Waals surface area contributed by atoms with Crippen LogP contribution in [-0.2, 0) is 0 Å². The lowest BCUT2D eigenvalue weighted by atomic mass is 10.0. The number of anilines is 1. The van der Waals surface area contributed by atoms with Gasteiger partial charge in [0.05, 0.1) is 56.3 Å². The fraction of sp³-hybridized carbons (Fsp3) is 0.444. The standard InChI is InChI=1S/C18H24N8O2/c1-11(20)3-4-28-15-9-21-8-14(27-2)18(15)13-5-16(26-25-13)24-17-10-22-12(6-19)7-23-17/h7-11,13,16,25-26H,3-5,20H2,1-2H3,(H,23,24)/t11-,13?,16?/m1/s1. The van der Waals surface area contributed by atoms with Crippen molar-refractivity contribution in [2.75, 3.05) is 19.0 Å². The minimum absolute atomic E-state index is 0.0629. The molecule has 2 unspecified atom stereocenters. The van der Waals surface area contributed by atoms with E-state index in [0.717, 1.165) is 12.0 Å². The number of methoxy groups -OCH3 is 1. The molecule has 3 rings (SSSR count). The zero-order valence-corrected chi connectivity index (χ0v) is 15.8. The Morgan fingerprint density at radius 2 is 2.11 bits per heavy atom. The summed E-state index contributed by atoms with van der Waals surface area (Å²) in [4.78, 5) is 12.4. The summed E-state index contributed by atoms with van der Waals surface area (Å²) in [5.74, 6) is 1.89. The largest absolute Gasteiger partial charge is 0.495 e. The van der Waals surface area contributed by atoms with E-state index in [1.54, 1.807) is 19.5 Å². The van der Waals surface area contributed by atoms with E-state index in [0.29, 0.717) is 30.3 Å². The number of hydrogen-bond donors (Lipinski definition) is 4. The highest BCUT2D eigenvalue weighted by molar-refractivity contribution is 5.45. The van der Waals surface area contributed by atoms with Gasteiger partial charge in [-0.15, -0.1) is 0 Å². The molecule has 0 bridgehead atoms. The molecule has 3 heterocycles. The number of nitrogens with two attached hydrogens (primary N) is 1. The highest BCUT2D eigenvalue weighted by Crippen LogP contribution is 2.36. The minimum atomic E-state index is -0.0954. The van der Waals surface area contributed by atoms with E-state index < -0.39 is 0 Å². The molecule has 148 valence electrons. The van der Waals surface area contributed by atoms with Crippen molar-refractivity contribution < 1.29 is 9.47 Å². The van der Waals surface area contributed by atoms with Crippen molar-refractivity contribution in [3.63, 3.8) is 0 Å². The van der Waals surface area contributed by atoms with Crippen molar-refractivity contribution in [1.29, 1.82) is 5.26 Å². The number of nitrogens with zero attached hydrogens (tertiary/aromatic N) is 4. The topological polar surface area (TPSA) is 143 Å². The zero-order valence-electron chi connectivity index (χ0n) is 15.8. The van der Waals surface area contributed by atoms with Gasteiger partial charge in [-0.2, -0.15) is 5.26 Å². The zero-order chi connectivity index (χ0) is 19.9. The summed E-state index contributed by atoms with van der Waals surface area (Å²) >= 11 is 0. The summed E-state index contributed by atoms with van der Waals surface area (Å²) in [5, 5.41) is 12.0. The smallest absolute Gasteiger partial charge is 0.158 e. The van der Waals surface area contributed by atoms with Crippen molar-refractivity contribution >= 4 is 5.82 Å². The van der Waals surface area contributed by atoms with E-state index in [9.17, 15) is 0 Å². The van der Waals surface area contributed by atoms with Crippen molar-refractivity contribution in [3.05, 3.63) is 36.0 Å². The highest BCUT2D eigenvalue weighted by atomic mass is 16.5. The van der Waals surface area contributed by atoms with E-state index in [1.807, 2.05) is 13.0 Å². The summed E-state index contributed by atoms with van der Waals surface area (Å²) in [6.45, 7) is 2.45. The molecular weight excluding hydrogens is 360 g/mol. The SMILES string of the molecule is COc1cncc(OCC[C@@H](C)N)c1C1CC(Nc2cnc(C#N)cn2)NN1. The van der Waals surface area contributed by atoms with Gasteiger partial charge in [-0.1, -0.05) is 0 Å². The van der Waals surface area contributed by atoms with Crippen LogP contribution in [0.2, 0.25) is 0 Å². The average molecular weight is 384 g/mol. The van der Waals surface area contributed by atoms with E-state index in [1.165, 1.54) is 12.4 Å². The van der Waals surface area contributed by atoms with Crippen molar-refractivity contribution in [2.45, 2.75) is 38.0 Å². The summed E-state index contributed by atoms with van der Waals surface area (Å²) in [5.41, 5.74) is 13.4. The monoisotopic (exact) mass is 384 g/mol. The number of aromatic nitrogens is 3. The molecule has 0 amide bonds. The van der Waals surface area contributed by atoms with Crippen molar-refractivity contribution in [2.24, 2.45) is 5.73 Å². The van der Waals surface area contributed by atoms with Crippen LogP contribution in [0.15, 0.2) is 24.8 Å². The van der Waals surface area contributed by atoms with Gasteiger partial charge in [0, 0.05) is 12.5 Å². The molecule has 10 heteroatoms. The molecule has 5 N–H and O–H groups in total. The second kappa shape index (κ2) is 9.27. The molecule has 2 aromatic rings. The van der Waals surface area contributed by atoms with Crippen molar-refractivity contribution in [1.82, 2.24) is 25.8 Å².